The molecule has 0 saturated carbocycles. The van der Waals surface area contributed by atoms with E-state index in [-0.39, 0.29) is 63.0 Å². The zero-order valence-corrected chi connectivity index (χ0v) is 39.0. The molecule has 0 bridgehead atoms. The van der Waals surface area contributed by atoms with Crippen LogP contribution < -0.4 is 28.9 Å². The second-order valence-electron chi connectivity index (χ2n) is 18.6. The number of carbonyl (C=O) groups excluding carboxylic acids is 4. The highest BCUT2D eigenvalue weighted by molar-refractivity contribution is 6.10. The second-order valence-corrected chi connectivity index (χ2v) is 18.6. The van der Waals surface area contributed by atoms with Crippen molar-refractivity contribution in [3.8, 4) is 17.2 Å². The number of fused-ring (bicyclic) bond motifs is 4. The van der Waals surface area contributed by atoms with Crippen molar-refractivity contribution in [1.82, 2.24) is 4.90 Å². The Morgan fingerprint density at radius 3 is 1.96 bits per heavy atom. The maximum Gasteiger partial charge on any atom is 0.269 e. The standard InChI is InChI=1S/C56H54N4O9/c1-36-53(55(2,3)39-20-25-42(66-4)26-21-39)49(31-50(62)57(28-29-61)32-37-12-6-5-7-13-37)69-56(36)43-30-41(60-46-15-9-11-17-48(46)68-35-52(60)64)24-27-44(43)58(54(56)65)33-38-18-22-40(23-19-38)59-45-14-8-10-16-47(45)67-34-51(59)63/h5-27,30,36,49,53,61H,28-29,31-35H2,1-4H3/t36-,49+,53-,56+/m1/s1. The van der Waals surface area contributed by atoms with E-state index in [9.17, 15) is 19.5 Å². The number of amides is 4. The topological polar surface area (TPSA) is 138 Å². The first-order chi connectivity index (χ1) is 33.4. The van der Waals surface area contributed by atoms with E-state index >= 15 is 4.79 Å². The number of ether oxygens (including phenoxy) is 4. The largest absolute Gasteiger partial charge is 0.497 e. The van der Waals surface area contributed by atoms with E-state index in [1.54, 1.807) is 26.7 Å². The Morgan fingerprint density at radius 2 is 1.33 bits per heavy atom. The average molecular weight is 927 g/mol. The van der Waals surface area contributed by atoms with Crippen LogP contribution in [-0.4, -0.2) is 73.2 Å². The summed E-state index contributed by atoms with van der Waals surface area (Å²) in [7, 11) is 1.62. The Balaban J connectivity index is 1.07. The summed E-state index contributed by atoms with van der Waals surface area (Å²) in [6.07, 6.45) is -0.841. The number of hydrogen-bond donors (Lipinski definition) is 1. The molecule has 4 aliphatic rings. The molecule has 1 saturated heterocycles. The lowest BCUT2D eigenvalue weighted by Crippen LogP contribution is -2.46. The van der Waals surface area contributed by atoms with Crippen LogP contribution in [0.4, 0.5) is 28.4 Å². The molecule has 4 amide bonds. The zero-order valence-electron chi connectivity index (χ0n) is 39.0. The van der Waals surface area contributed by atoms with E-state index < -0.39 is 29.0 Å². The molecule has 13 heteroatoms. The molecule has 1 fully saturated rings. The smallest absolute Gasteiger partial charge is 0.269 e. The van der Waals surface area contributed by atoms with Crippen LogP contribution in [0.15, 0.2) is 146 Å². The van der Waals surface area contributed by atoms with Crippen LogP contribution in [0.2, 0.25) is 0 Å². The van der Waals surface area contributed by atoms with Gasteiger partial charge in [0, 0.05) is 41.9 Å². The molecule has 6 aromatic rings. The minimum atomic E-state index is -1.61. The van der Waals surface area contributed by atoms with Crippen molar-refractivity contribution in [2.24, 2.45) is 11.8 Å². The van der Waals surface area contributed by atoms with Gasteiger partial charge >= 0.3 is 0 Å². The molecule has 4 atom stereocenters. The lowest BCUT2D eigenvalue weighted by molar-refractivity contribution is -0.150. The van der Waals surface area contributed by atoms with Crippen molar-refractivity contribution in [3.05, 3.63) is 168 Å². The number of rotatable bonds is 13. The maximum atomic E-state index is 15.9. The Bertz CT molecular complexity index is 2920. The summed E-state index contributed by atoms with van der Waals surface area (Å²) in [6.45, 7) is 6.38. The first-order valence-electron chi connectivity index (χ1n) is 23.3. The molecule has 0 unspecified atom stereocenters. The molecule has 6 aromatic carbocycles. The van der Waals surface area contributed by atoms with Gasteiger partial charge in [-0.2, -0.15) is 0 Å². The number of para-hydroxylation sites is 4. The normalized spacial score (nSPS) is 20.6. The molecule has 10 rings (SSSR count). The van der Waals surface area contributed by atoms with Gasteiger partial charge in [0.25, 0.3) is 17.7 Å². The molecular weight excluding hydrogens is 873 g/mol. The van der Waals surface area contributed by atoms with Crippen molar-refractivity contribution < 1.29 is 43.2 Å². The first-order valence-corrected chi connectivity index (χ1v) is 23.3. The summed E-state index contributed by atoms with van der Waals surface area (Å²) in [5.41, 5.74) is 4.06. The highest BCUT2D eigenvalue weighted by Crippen LogP contribution is 2.61. The Hall–Kier alpha value is -7.48. The fraction of sp³-hybridized carbons (Fsp3) is 0.286. The van der Waals surface area contributed by atoms with E-state index in [2.05, 4.69) is 13.8 Å². The van der Waals surface area contributed by atoms with Gasteiger partial charge in [-0.1, -0.05) is 99.6 Å². The third kappa shape index (κ3) is 7.94. The van der Waals surface area contributed by atoms with Gasteiger partial charge in [0.1, 0.15) is 17.2 Å². The number of carbonyl (C=O) groups is 4. The molecule has 1 spiro atoms. The summed E-state index contributed by atoms with van der Waals surface area (Å²) in [5.74, 6) is -0.0428. The van der Waals surface area contributed by atoms with Gasteiger partial charge in [-0.25, -0.2) is 0 Å². The number of methoxy groups -OCH3 is 1. The summed E-state index contributed by atoms with van der Waals surface area (Å²) in [4.78, 5) is 64.4. The van der Waals surface area contributed by atoms with Crippen molar-refractivity contribution in [1.29, 1.82) is 0 Å². The minimum Gasteiger partial charge on any atom is -0.497 e. The third-order valence-corrected chi connectivity index (χ3v) is 14.3. The van der Waals surface area contributed by atoms with E-state index in [1.807, 2.05) is 153 Å². The lowest BCUT2D eigenvalue weighted by Gasteiger charge is -2.39. The van der Waals surface area contributed by atoms with Crippen molar-refractivity contribution in [2.75, 3.05) is 48.2 Å². The lowest BCUT2D eigenvalue weighted by atomic mass is 9.63. The van der Waals surface area contributed by atoms with E-state index in [4.69, 9.17) is 18.9 Å². The fourth-order valence-electron chi connectivity index (χ4n) is 11.0. The number of anilines is 5. The average Bonchev–Trinajstić information content (AvgIpc) is 3.79. The summed E-state index contributed by atoms with van der Waals surface area (Å²) < 4.78 is 24.5. The predicted molar refractivity (Wildman–Crippen MR) is 261 cm³/mol. The van der Waals surface area contributed by atoms with Gasteiger partial charge in [-0.15, -0.1) is 0 Å². The van der Waals surface area contributed by atoms with Crippen molar-refractivity contribution >= 4 is 52.1 Å². The molecule has 69 heavy (non-hydrogen) atoms. The molecule has 0 aromatic heterocycles. The van der Waals surface area contributed by atoms with Crippen LogP contribution in [0.3, 0.4) is 0 Å². The van der Waals surface area contributed by atoms with Crippen LogP contribution in [0, 0.1) is 11.8 Å². The summed E-state index contributed by atoms with van der Waals surface area (Å²) in [5, 5.41) is 10.2. The molecule has 4 heterocycles. The maximum absolute atomic E-state index is 15.9. The quantitative estimate of drug-likeness (QED) is 0.121. The van der Waals surface area contributed by atoms with Crippen molar-refractivity contribution in [3.63, 3.8) is 0 Å². The predicted octanol–water partition coefficient (Wildman–Crippen LogP) is 8.59. The third-order valence-electron chi connectivity index (χ3n) is 14.3. The first kappa shape index (κ1) is 45.3. The minimum absolute atomic E-state index is 0.0638. The highest BCUT2D eigenvalue weighted by atomic mass is 16.5. The number of aliphatic hydroxyl groups excluding tert-OH is 1. The summed E-state index contributed by atoms with van der Waals surface area (Å²) in [6, 6.07) is 45.4. The molecule has 1 N–H and O–H groups in total. The van der Waals surface area contributed by atoms with Crippen LogP contribution in [0.1, 0.15) is 49.4 Å². The van der Waals surface area contributed by atoms with Crippen molar-refractivity contribution in [2.45, 2.75) is 57.4 Å². The van der Waals surface area contributed by atoms with Crippen LogP contribution in [0.5, 0.6) is 17.2 Å². The Morgan fingerprint density at radius 1 is 0.739 bits per heavy atom. The molecule has 4 aliphatic heterocycles. The highest BCUT2D eigenvalue weighted by Gasteiger charge is 2.66. The van der Waals surface area contributed by atoms with Crippen LogP contribution in [0.25, 0.3) is 0 Å². The van der Waals surface area contributed by atoms with Gasteiger partial charge in [0.2, 0.25) is 5.91 Å². The Kier molecular flexibility index (Phi) is 12.0. The number of benzene rings is 6. The van der Waals surface area contributed by atoms with Gasteiger partial charge in [0.15, 0.2) is 18.8 Å². The molecule has 0 aliphatic carbocycles. The van der Waals surface area contributed by atoms with Gasteiger partial charge in [-0.3, -0.25) is 29.0 Å². The van der Waals surface area contributed by atoms with Gasteiger partial charge in [-0.05, 0) is 88.8 Å². The molecular formula is C56H54N4O9. The number of aliphatic hydroxyl groups is 1. The number of nitrogens with zero attached hydrogens (tertiary/aromatic N) is 4. The molecule has 352 valence electrons. The fourth-order valence-corrected chi connectivity index (χ4v) is 11.0. The summed E-state index contributed by atoms with van der Waals surface area (Å²) >= 11 is 0. The van der Waals surface area contributed by atoms with Crippen LogP contribution in [-0.2, 0) is 48.0 Å². The zero-order chi connectivity index (χ0) is 48.0. The molecule has 0 radical (unpaired) electrons. The van der Waals surface area contributed by atoms with E-state index in [0.717, 1.165) is 16.7 Å². The van der Waals surface area contributed by atoms with Crippen LogP contribution >= 0.6 is 0 Å². The van der Waals surface area contributed by atoms with Gasteiger partial charge in [0.05, 0.1) is 49.8 Å². The second kappa shape index (κ2) is 18.2. The van der Waals surface area contributed by atoms with E-state index in [1.165, 1.54) is 0 Å². The van der Waals surface area contributed by atoms with E-state index in [0.29, 0.717) is 57.8 Å². The number of hydrogen-bond acceptors (Lipinski definition) is 9. The SMILES string of the molecule is COc1ccc(C(C)(C)[C@H]2[C@H](CC(=O)N(CCO)Cc3ccccc3)O[C@@]3(C(=O)N(Cc4ccc(N5C(=O)COc6ccccc65)cc4)c4ccc(N5C(=O)COc6ccccc65)cc43)[C@@H]2C)cc1. The molecule has 13 nitrogen and oxygen atoms in total. The Labute approximate surface area is 401 Å². The monoisotopic (exact) mass is 926 g/mol. The van der Waals surface area contributed by atoms with Gasteiger partial charge < -0.3 is 33.9 Å².